The maximum Gasteiger partial charge on any atom is 0.342 e. The summed E-state index contributed by atoms with van der Waals surface area (Å²) in [5.74, 6) is -0.673. The molecule has 1 N–H and O–H groups in total. The molecule has 0 bridgehead atoms. The number of hydrogen-bond acceptors (Lipinski definition) is 5. The summed E-state index contributed by atoms with van der Waals surface area (Å²) in [6, 6.07) is 16.0. The van der Waals surface area contributed by atoms with Gasteiger partial charge in [0, 0.05) is 5.02 Å². The molecule has 0 spiro atoms. The van der Waals surface area contributed by atoms with Gasteiger partial charge in [0.15, 0.2) is 6.61 Å². The summed E-state index contributed by atoms with van der Waals surface area (Å²) in [5, 5.41) is 12.6. The molecule has 6 nitrogen and oxygen atoms in total. The highest BCUT2D eigenvalue weighted by atomic mass is 35.5. The van der Waals surface area contributed by atoms with Gasteiger partial charge in [0.05, 0.1) is 6.07 Å². The molecule has 29 heavy (non-hydrogen) atoms. The first-order valence-corrected chi connectivity index (χ1v) is 9.65. The molecule has 1 amide bonds. The normalized spacial score (nSPS) is 14.9. The lowest BCUT2D eigenvalue weighted by Crippen LogP contribution is -2.48. The lowest BCUT2D eigenvalue weighted by molar-refractivity contribution is -0.125. The first kappa shape index (κ1) is 20.7. The standard InChI is InChI=1S/C22H21ClN2O4/c1-22(14-24,16-8-9-16)25-20(26)13-29-21(27)18-4-2-3-5-19(18)28-12-15-6-10-17(23)11-7-15/h2-7,10-11,16H,8-9,12-13H2,1H3,(H,25,26)/t22-/m1/s1. The van der Waals surface area contributed by atoms with Crippen LogP contribution in [0.15, 0.2) is 48.5 Å². The summed E-state index contributed by atoms with van der Waals surface area (Å²) in [7, 11) is 0. The maximum atomic E-state index is 12.4. The van der Waals surface area contributed by atoms with Crippen molar-refractivity contribution in [1.82, 2.24) is 5.32 Å². The fourth-order valence-electron chi connectivity index (χ4n) is 2.92. The van der Waals surface area contributed by atoms with Crippen molar-refractivity contribution in [3.8, 4) is 11.8 Å². The number of carbonyl (C=O) groups is 2. The Bertz CT molecular complexity index is 935. The van der Waals surface area contributed by atoms with Gasteiger partial charge in [-0.1, -0.05) is 35.9 Å². The zero-order chi connectivity index (χ0) is 20.9. The molecule has 1 aliphatic carbocycles. The number of para-hydroxylation sites is 1. The van der Waals surface area contributed by atoms with E-state index in [1.807, 2.05) is 12.1 Å². The number of nitrogens with one attached hydrogen (secondary N) is 1. The van der Waals surface area contributed by atoms with Crippen LogP contribution in [0.5, 0.6) is 5.75 Å². The Hall–Kier alpha value is -3.04. The van der Waals surface area contributed by atoms with Gasteiger partial charge in [0.2, 0.25) is 0 Å². The summed E-state index contributed by atoms with van der Waals surface area (Å²) in [5.41, 5.74) is 0.190. The van der Waals surface area contributed by atoms with Gasteiger partial charge in [-0.25, -0.2) is 4.79 Å². The molecular formula is C22H21ClN2O4. The van der Waals surface area contributed by atoms with Crippen molar-refractivity contribution in [1.29, 1.82) is 5.26 Å². The molecule has 1 saturated carbocycles. The van der Waals surface area contributed by atoms with Crippen LogP contribution in [0.4, 0.5) is 0 Å². The third-order valence-corrected chi connectivity index (χ3v) is 5.03. The fraction of sp³-hybridized carbons (Fsp3) is 0.318. The topological polar surface area (TPSA) is 88.4 Å². The molecule has 0 saturated heterocycles. The second kappa shape index (κ2) is 8.97. The molecule has 2 aromatic rings. The molecular weight excluding hydrogens is 392 g/mol. The number of benzene rings is 2. The van der Waals surface area contributed by atoms with Gasteiger partial charge in [-0.15, -0.1) is 0 Å². The Labute approximate surface area is 174 Å². The Morgan fingerprint density at radius 3 is 2.55 bits per heavy atom. The molecule has 0 heterocycles. The average molecular weight is 413 g/mol. The van der Waals surface area contributed by atoms with Crippen LogP contribution >= 0.6 is 11.6 Å². The first-order valence-electron chi connectivity index (χ1n) is 9.27. The van der Waals surface area contributed by atoms with Crippen molar-refractivity contribution in [2.75, 3.05) is 6.61 Å². The van der Waals surface area contributed by atoms with Crippen LogP contribution < -0.4 is 10.1 Å². The first-order chi connectivity index (χ1) is 13.9. The molecule has 1 atom stereocenters. The third-order valence-electron chi connectivity index (χ3n) is 4.77. The van der Waals surface area contributed by atoms with Crippen LogP contribution in [0.2, 0.25) is 5.02 Å². The summed E-state index contributed by atoms with van der Waals surface area (Å²) < 4.78 is 10.9. The molecule has 0 radical (unpaired) electrons. The lowest BCUT2D eigenvalue weighted by atomic mass is 9.98. The zero-order valence-electron chi connectivity index (χ0n) is 16.0. The highest BCUT2D eigenvalue weighted by Crippen LogP contribution is 2.39. The number of nitrogens with zero attached hydrogens (tertiary/aromatic N) is 1. The van der Waals surface area contributed by atoms with Crippen molar-refractivity contribution >= 4 is 23.5 Å². The van der Waals surface area contributed by atoms with E-state index < -0.39 is 24.0 Å². The van der Waals surface area contributed by atoms with E-state index in [0.717, 1.165) is 18.4 Å². The Kier molecular flexibility index (Phi) is 6.40. The molecule has 150 valence electrons. The minimum absolute atomic E-state index is 0.147. The van der Waals surface area contributed by atoms with E-state index in [1.165, 1.54) is 0 Å². The van der Waals surface area contributed by atoms with E-state index in [0.29, 0.717) is 10.8 Å². The van der Waals surface area contributed by atoms with Gasteiger partial charge in [-0.2, -0.15) is 5.26 Å². The predicted molar refractivity (Wildman–Crippen MR) is 107 cm³/mol. The van der Waals surface area contributed by atoms with Crippen LogP contribution in [-0.4, -0.2) is 24.0 Å². The largest absolute Gasteiger partial charge is 0.488 e. The van der Waals surface area contributed by atoms with Gasteiger partial charge in [-0.05, 0) is 55.5 Å². The van der Waals surface area contributed by atoms with Gasteiger partial charge >= 0.3 is 5.97 Å². The zero-order valence-corrected chi connectivity index (χ0v) is 16.7. The second-order valence-corrected chi connectivity index (χ2v) is 7.56. The fourth-order valence-corrected chi connectivity index (χ4v) is 3.05. The highest BCUT2D eigenvalue weighted by molar-refractivity contribution is 6.30. The van der Waals surface area contributed by atoms with E-state index in [-0.39, 0.29) is 18.1 Å². The SMILES string of the molecule is C[C@](C#N)(NC(=O)COC(=O)c1ccccc1OCc1ccc(Cl)cc1)C1CC1. The molecule has 7 heteroatoms. The Morgan fingerprint density at radius 2 is 1.90 bits per heavy atom. The van der Waals surface area contributed by atoms with Crippen molar-refractivity contribution in [2.45, 2.75) is 31.9 Å². The van der Waals surface area contributed by atoms with Gasteiger partial charge < -0.3 is 14.8 Å². The van der Waals surface area contributed by atoms with Crippen molar-refractivity contribution < 1.29 is 19.1 Å². The predicted octanol–water partition coefficient (Wildman–Crippen LogP) is 3.88. The Balaban J connectivity index is 1.57. The molecule has 0 unspecified atom stereocenters. The molecule has 0 aromatic heterocycles. The van der Waals surface area contributed by atoms with E-state index in [4.69, 9.17) is 21.1 Å². The molecule has 3 rings (SSSR count). The van der Waals surface area contributed by atoms with E-state index in [2.05, 4.69) is 11.4 Å². The van der Waals surface area contributed by atoms with Crippen molar-refractivity contribution in [2.24, 2.45) is 5.92 Å². The second-order valence-electron chi connectivity index (χ2n) is 7.12. The summed E-state index contributed by atoms with van der Waals surface area (Å²) in [6.45, 7) is 1.47. The highest BCUT2D eigenvalue weighted by Gasteiger charge is 2.43. The van der Waals surface area contributed by atoms with E-state index in [1.54, 1.807) is 43.3 Å². The quantitative estimate of drug-likeness (QED) is 0.664. The molecule has 2 aromatic carbocycles. The number of rotatable bonds is 8. The minimum Gasteiger partial charge on any atom is -0.488 e. The van der Waals surface area contributed by atoms with Crippen LogP contribution in [0.1, 0.15) is 35.7 Å². The van der Waals surface area contributed by atoms with Crippen LogP contribution in [0.25, 0.3) is 0 Å². The number of esters is 1. The number of nitriles is 1. The third kappa shape index (κ3) is 5.49. The molecule has 1 aliphatic rings. The molecule has 0 aliphatic heterocycles. The number of carbonyl (C=O) groups excluding carboxylic acids is 2. The van der Waals surface area contributed by atoms with Crippen LogP contribution in [0, 0.1) is 17.2 Å². The smallest absolute Gasteiger partial charge is 0.342 e. The van der Waals surface area contributed by atoms with Gasteiger partial charge in [-0.3, -0.25) is 4.79 Å². The van der Waals surface area contributed by atoms with E-state index in [9.17, 15) is 14.9 Å². The van der Waals surface area contributed by atoms with Gasteiger partial charge in [0.25, 0.3) is 5.91 Å². The lowest BCUT2D eigenvalue weighted by Gasteiger charge is -2.22. The van der Waals surface area contributed by atoms with Crippen molar-refractivity contribution in [3.05, 3.63) is 64.7 Å². The van der Waals surface area contributed by atoms with Crippen LogP contribution in [-0.2, 0) is 16.1 Å². The minimum atomic E-state index is -0.927. The maximum absolute atomic E-state index is 12.4. The average Bonchev–Trinajstić information content (AvgIpc) is 3.58. The van der Waals surface area contributed by atoms with Crippen LogP contribution in [0.3, 0.4) is 0 Å². The van der Waals surface area contributed by atoms with Crippen molar-refractivity contribution in [3.63, 3.8) is 0 Å². The summed E-state index contributed by atoms with van der Waals surface area (Å²) in [6.07, 6.45) is 1.81. The number of ether oxygens (including phenoxy) is 2. The Morgan fingerprint density at radius 1 is 1.21 bits per heavy atom. The number of hydrogen-bond donors (Lipinski definition) is 1. The van der Waals surface area contributed by atoms with E-state index >= 15 is 0 Å². The number of amides is 1. The number of halogens is 1. The summed E-state index contributed by atoms with van der Waals surface area (Å²) >= 11 is 5.87. The summed E-state index contributed by atoms with van der Waals surface area (Å²) in [4.78, 5) is 24.6. The monoisotopic (exact) mass is 412 g/mol. The molecule has 1 fully saturated rings. The van der Waals surface area contributed by atoms with Gasteiger partial charge in [0.1, 0.15) is 23.5 Å².